The maximum Gasteiger partial charge on any atom is 0.417 e. The molecule has 9 heteroatoms. The Balaban J connectivity index is 3.18. The molecule has 0 aliphatic carbocycles. The van der Waals surface area contributed by atoms with Gasteiger partial charge in [0.15, 0.2) is 0 Å². The van der Waals surface area contributed by atoms with Crippen LogP contribution in [0.25, 0.3) is 0 Å². The van der Waals surface area contributed by atoms with Crippen molar-refractivity contribution in [1.82, 2.24) is 4.72 Å². The van der Waals surface area contributed by atoms with E-state index < -0.39 is 31.7 Å². The van der Waals surface area contributed by atoms with Crippen molar-refractivity contribution in [1.29, 1.82) is 0 Å². The van der Waals surface area contributed by atoms with E-state index in [0.717, 1.165) is 12.1 Å². The van der Waals surface area contributed by atoms with Crippen LogP contribution in [-0.4, -0.2) is 21.0 Å². The summed E-state index contributed by atoms with van der Waals surface area (Å²) in [4.78, 5) is -0.959. The number of hydrogen-bond acceptors (Lipinski definition) is 3. The molecule has 0 heterocycles. The molecule has 0 saturated carbocycles. The van der Waals surface area contributed by atoms with Crippen molar-refractivity contribution in [3.05, 3.63) is 28.8 Å². The lowest BCUT2D eigenvalue weighted by atomic mass is 10.2. The number of alkyl halides is 3. The van der Waals surface area contributed by atoms with Gasteiger partial charge in [0, 0.05) is 12.6 Å². The second kappa shape index (κ2) is 6.30. The zero-order chi connectivity index (χ0) is 15.6. The van der Waals surface area contributed by atoms with Crippen LogP contribution in [-0.2, 0) is 16.2 Å². The van der Waals surface area contributed by atoms with E-state index in [2.05, 4.69) is 4.72 Å². The Bertz CT molecular complexity index is 574. The molecule has 0 fully saturated rings. The lowest BCUT2D eigenvalue weighted by Crippen LogP contribution is -2.30. The van der Waals surface area contributed by atoms with Gasteiger partial charge in [0.1, 0.15) is 4.90 Å². The molecule has 1 rings (SSSR count). The first-order chi connectivity index (χ1) is 9.05. The van der Waals surface area contributed by atoms with Gasteiger partial charge in [-0.15, -0.1) is 0 Å². The highest BCUT2D eigenvalue weighted by atomic mass is 35.5. The molecule has 4 nitrogen and oxygen atoms in total. The van der Waals surface area contributed by atoms with Crippen LogP contribution in [0.4, 0.5) is 13.2 Å². The highest BCUT2D eigenvalue weighted by Crippen LogP contribution is 2.37. The Morgan fingerprint density at radius 2 is 2.00 bits per heavy atom. The predicted octanol–water partition coefficient (Wildman–Crippen LogP) is 2.37. The number of halogens is 4. The number of rotatable bonds is 5. The minimum absolute atomic E-state index is 0.0669. The lowest BCUT2D eigenvalue weighted by molar-refractivity contribution is -0.139. The van der Waals surface area contributed by atoms with Crippen molar-refractivity contribution in [3.63, 3.8) is 0 Å². The van der Waals surface area contributed by atoms with Crippen molar-refractivity contribution in [3.8, 4) is 0 Å². The Kier molecular flexibility index (Phi) is 5.42. The summed E-state index contributed by atoms with van der Waals surface area (Å²) in [5, 5.41) is -0.479. The van der Waals surface area contributed by atoms with Gasteiger partial charge in [-0.2, -0.15) is 13.2 Å². The van der Waals surface area contributed by atoms with Crippen molar-refractivity contribution in [2.45, 2.75) is 30.5 Å². The SMILES string of the molecule is CC(N)CCNS(=O)(=O)c1c(Cl)cccc1C(F)(F)F. The standard InChI is InChI=1S/C11H14ClF3N2O2S/c1-7(16)5-6-17-20(18,19)10-8(11(13,14)15)3-2-4-9(10)12/h2-4,7,17H,5-6,16H2,1H3. The van der Waals surface area contributed by atoms with Crippen LogP contribution in [0, 0.1) is 0 Å². The number of nitrogens with two attached hydrogens (primary N) is 1. The monoisotopic (exact) mass is 330 g/mol. The summed E-state index contributed by atoms with van der Waals surface area (Å²) in [5.41, 5.74) is 4.16. The van der Waals surface area contributed by atoms with E-state index in [1.165, 1.54) is 0 Å². The minimum atomic E-state index is -4.81. The first-order valence-electron chi connectivity index (χ1n) is 5.66. The molecular weight excluding hydrogens is 317 g/mol. The van der Waals surface area contributed by atoms with E-state index in [0.29, 0.717) is 12.5 Å². The number of sulfonamides is 1. The first-order valence-corrected chi connectivity index (χ1v) is 7.53. The summed E-state index contributed by atoms with van der Waals surface area (Å²) in [6.07, 6.45) is -4.51. The van der Waals surface area contributed by atoms with Crippen molar-refractivity contribution in [2.24, 2.45) is 5.73 Å². The molecule has 1 aromatic rings. The van der Waals surface area contributed by atoms with E-state index in [-0.39, 0.29) is 12.6 Å². The van der Waals surface area contributed by atoms with Gasteiger partial charge in [-0.3, -0.25) is 0 Å². The van der Waals surface area contributed by atoms with Gasteiger partial charge < -0.3 is 5.73 Å². The molecule has 0 spiro atoms. The fraction of sp³-hybridized carbons (Fsp3) is 0.455. The molecule has 0 bridgehead atoms. The zero-order valence-electron chi connectivity index (χ0n) is 10.5. The van der Waals surface area contributed by atoms with Gasteiger partial charge in [-0.25, -0.2) is 13.1 Å². The third kappa shape index (κ3) is 4.34. The molecule has 20 heavy (non-hydrogen) atoms. The largest absolute Gasteiger partial charge is 0.417 e. The smallest absolute Gasteiger partial charge is 0.328 e. The molecule has 114 valence electrons. The predicted molar refractivity (Wildman–Crippen MR) is 69.9 cm³/mol. The average Bonchev–Trinajstić information content (AvgIpc) is 2.26. The molecule has 0 aliphatic heterocycles. The molecular formula is C11H14ClF3N2O2S. The molecule has 0 radical (unpaired) electrons. The van der Waals surface area contributed by atoms with Crippen molar-refractivity contribution >= 4 is 21.6 Å². The van der Waals surface area contributed by atoms with Crippen LogP contribution < -0.4 is 10.5 Å². The molecule has 0 saturated heterocycles. The fourth-order valence-corrected chi connectivity index (χ4v) is 3.31. The quantitative estimate of drug-likeness (QED) is 0.870. The average molecular weight is 331 g/mol. The van der Waals surface area contributed by atoms with Crippen LogP contribution >= 0.6 is 11.6 Å². The Morgan fingerprint density at radius 3 is 2.50 bits per heavy atom. The first kappa shape index (κ1) is 17.2. The summed E-state index contributed by atoms with van der Waals surface area (Å²) in [6, 6.07) is 2.54. The Hall–Kier alpha value is -0.830. The zero-order valence-corrected chi connectivity index (χ0v) is 12.1. The van der Waals surface area contributed by atoms with Gasteiger partial charge in [0.2, 0.25) is 10.0 Å². The number of nitrogens with one attached hydrogen (secondary N) is 1. The normalized spacial score (nSPS) is 14.3. The molecule has 0 aliphatic rings. The van der Waals surface area contributed by atoms with E-state index >= 15 is 0 Å². The second-order valence-electron chi connectivity index (χ2n) is 4.28. The van der Waals surface area contributed by atoms with E-state index in [1.54, 1.807) is 6.92 Å². The van der Waals surface area contributed by atoms with Gasteiger partial charge in [-0.1, -0.05) is 17.7 Å². The highest BCUT2D eigenvalue weighted by molar-refractivity contribution is 7.89. The summed E-state index contributed by atoms with van der Waals surface area (Å²) in [7, 11) is -4.36. The highest BCUT2D eigenvalue weighted by Gasteiger charge is 2.38. The van der Waals surface area contributed by atoms with Gasteiger partial charge >= 0.3 is 6.18 Å². The third-order valence-electron chi connectivity index (χ3n) is 2.43. The minimum Gasteiger partial charge on any atom is -0.328 e. The maximum atomic E-state index is 12.8. The van der Waals surface area contributed by atoms with Crippen molar-refractivity contribution < 1.29 is 21.6 Å². The third-order valence-corrected chi connectivity index (χ3v) is 4.42. The second-order valence-corrected chi connectivity index (χ2v) is 6.39. The molecule has 1 atom stereocenters. The number of benzene rings is 1. The van der Waals surface area contributed by atoms with E-state index in [1.807, 2.05) is 0 Å². The van der Waals surface area contributed by atoms with Crippen LogP contribution in [0.3, 0.4) is 0 Å². The van der Waals surface area contributed by atoms with Gasteiger partial charge in [0.05, 0.1) is 10.6 Å². The summed E-state index contributed by atoms with van der Waals surface area (Å²) >= 11 is 5.62. The summed E-state index contributed by atoms with van der Waals surface area (Å²) in [6.45, 7) is 1.59. The number of hydrogen-bond donors (Lipinski definition) is 2. The van der Waals surface area contributed by atoms with E-state index in [9.17, 15) is 21.6 Å². The van der Waals surface area contributed by atoms with Crippen LogP contribution in [0.15, 0.2) is 23.1 Å². The summed E-state index contributed by atoms with van der Waals surface area (Å²) < 4.78 is 64.5. The van der Waals surface area contributed by atoms with Crippen LogP contribution in [0.2, 0.25) is 5.02 Å². The fourth-order valence-electron chi connectivity index (χ4n) is 1.50. The Morgan fingerprint density at radius 1 is 1.40 bits per heavy atom. The molecule has 0 amide bonds. The molecule has 3 N–H and O–H groups in total. The molecule has 1 unspecified atom stereocenters. The topological polar surface area (TPSA) is 72.2 Å². The van der Waals surface area contributed by atoms with E-state index in [4.69, 9.17) is 17.3 Å². The molecule has 1 aromatic carbocycles. The molecule has 0 aromatic heterocycles. The van der Waals surface area contributed by atoms with Gasteiger partial charge in [-0.05, 0) is 25.5 Å². The summed E-state index contributed by atoms with van der Waals surface area (Å²) in [5.74, 6) is 0. The Labute approximate surface area is 120 Å². The lowest BCUT2D eigenvalue weighted by Gasteiger charge is -2.15. The van der Waals surface area contributed by atoms with Crippen LogP contribution in [0.1, 0.15) is 18.9 Å². The van der Waals surface area contributed by atoms with Crippen LogP contribution in [0.5, 0.6) is 0 Å². The van der Waals surface area contributed by atoms with Gasteiger partial charge in [0.25, 0.3) is 0 Å². The maximum absolute atomic E-state index is 12.8. The van der Waals surface area contributed by atoms with Crippen molar-refractivity contribution in [2.75, 3.05) is 6.54 Å².